The van der Waals surface area contributed by atoms with Crippen molar-refractivity contribution in [3.05, 3.63) is 75.2 Å². The number of esters is 1. The number of aromatic nitrogens is 4. The maximum absolute atomic E-state index is 13.0. The van der Waals surface area contributed by atoms with Gasteiger partial charge in [-0.2, -0.15) is 0 Å². The summed E-state index contributed by atoms with van der Waals surface area (Å²) in [6.07, 6.45) is 3.06. The standard InChI is InChI=1S/C23H27N7O6/c1-35-13-12-29(17(31)15-36-18(32)8-11-27-22-25-9-5-10-26-22)19-20(24)30(23(34)28-21(19)33)14-16-6-3-2-4-7-16/h2-7,9-10H,8,11-15,24H2,1H3,(H,25,26,27)(H,28,33,34). The first-order chi connectivity index (χ1) is 17.4. The molecule has 0 radical (unpaired) electrons. The fraction of sp³-hybridized carbons (Fsp3) is 0.304. The molecule has 0 aliphatic rings. The van der Waals surface area contributed by atoms with Crippen molar-refractivity contribution in [2.75, 3.05) is 49.4 Å². The molecule has 13 nitrogen and oxygen atoms in total. The highest BCUT2D eigenvalue weighted by Crippen LogP contribution is 2.18. The number of methoxy groups -OCH3 is 1. The van der Waals surface area contributed by atoms with Crippen molar-refractivity contribution >= 4 is 29.3 Å². The molecule has 190 valence electrons. The van der Waals surface area contributed by atoms with Crippen molar-refractivity contribution in [2.45, 2.75) is 13.0 Å². The van der Waals surface area contributed by atoms with Crippen LogP contribution in [0.15, 0.2) is 58.4 Å². The van der Waals surface area contributed by atoms with Gasteiger partial charge in [-0.25, -0.2) is 14.8 Å². The lowest BCUT2D eigenvalue weighted by atomic mass is 10.2. The molecule has 0 bridgehead atoms. The van der Waals surface area contributed by atoms with E-state index in [1.54, 1.807) is 42.7 Å². The van der Waals surface area contributed by atoms with E-state index in [-0.39, 0.29) is 44.2 Å². The number of hydrogen-bond donors (Lipinski definition) is 3. The van der Waals surface area contributed by atoms with Gasteiger partial charge in [0.25, 0.3) is 11.5 Å². The van der Waals surface area contributed by atoms with Crippen molar-refractivity contribution in [1.82, 2.24) is 19.5 Å². The number of nitrogen functional groups attached to an aromatic ring is 1. The number of carbonyl (C=O) groups is 2. The van der Waals surface area contributed by atoms with Crippen LogP contribution in [0.1, 0.15) is 12.0 Å². The molecule has 0 spiro atoms. The van der Waals surface area contributed by atoms with Crippen LogP contribution in [0.3, 0.4) is 0 Å². The zero-order valence-corrected chi connectivity index (χ0v) is 19.7. The Bertz CT molecular complexity index is 1280. The predicted molar refractivity (Wildman–Crippen MR) is 132 cm³/mol. The van der Waals surface area contributed by atoms with Gasteiger partial charge in [-0.05, 0) is 11.6 Å². The number of nitrogens with two attached hydrogens (primary N) is 1. The Morgan fingerprint density at radius 2 is 1.86 bits per heavy atom. The van der Waals surface area contributed by atoms with E-state index in [0.29, 0.717) is 5.95 Å². The maximum atomic E-state index is 13.0. The SMILES string of the molecule is COCCN(C(=O)COC(=O)CCNc1ncccn1)c1c(N)n(Cc2ccccc2)c(=O)[nH]c1=O. The monoisotopic (exact) mass is 497 g/mol. The minimum Gasteiger partial charge on any atom is -0.455 e. The largest absolute Gasteiger partial charge is 0.455 e. The first-order valence-electron chi connectivity index (χ1n) is 11.0. The smallest absolute Gasteiger partial charge is 0.330 e. The van der Waals surface area contributed by atoms with E-state index in [1.165, 1.54) is 7.11 Å². The van der Waals surface area contributed by atoms with E-state index in [4.69, 9.17) is 15.2 Å². The van der Waals surface area contributed by atoms with Crippen LogP contribution in [0.2, 0.25) is 0 Å². The van der Waals surface area contributed by atoms with E-state index in [9.17, 15) is 19.2 Å². The van der Waals surface area contributed by atoms with Gasteiger partial charge in [-0.15, -0.1) is 0 Å². The number of anilines is 3. The molecule has 3 aromatic rings. The number of carbonyl (C=O) groups excluding carboxylic acids is 2. The highest BCUT2D eigenvalue weighted by Gasteiger charge is 2.25. The number of nitrogens with zero attached hydrogens (tertiary/aromatic N) is 4. The van der Waals surface area contributed by atoms with Crippen LogP contribution in [0.4, 0.5) is 17.5 Å². The molecule has 0 saturated heterocycles. The molecule has 0 fully saturated rings. The van der Waals surface area contributed by atoms with E-state index < -0.39 is 29.7 Å². The molecular formula is C23H27N7O6. The number of benzene rings is 1. The van der Waals surface area contributed by atoms with Crippen LogP contribution in [0.5, 0.6) is 0 Å². The fourth-order valence-corrected chi connectivity index (χ4v) is 3.26. The number of rotatable bonds is 12. The van der Waals surface area contributed by atoms with Crippen LogP contribution in [-0.2, 0) is 25.6 Å². The fourth-order valence-electron chi connectivity index (χ4n) is 3.26. The Balaban J connectivity index is 1.72. The molecule has 2 aromatic heterocycles. The Kier molecular flexibility index (Phi) is 9.28. The van der Waals surface area contributed by atoms with Gasteiger partial charge in [0.1, 0.15) is 5.82 Å². The van der Waals surface area contributed by atoms with Crippen molar-refractivity contribution in [3.8, 4) is 0 Å². The van der Waals surface area contributed by atoms with Gasteiger partial charge in [0.05, 0.1) is 19.6 Å². The molecule has 0 aliphatic carbocycles. The van der Waals surface area contributed by atoms with Gasteiger partial charge in [-0.3, -0.25) is 28.8 Å². The molecule has 3 rings (SSSR count). The Morgan fingerprint density at radius 1 is 1.14 bits per heavy atom. The highest BCUT2D eigenvalue weighted by molar-refractivity contribution is 5.97. The molecule has 1 aromatic carbocycles. The molecule has 0 aliphatic heterocycles. The van der Waals surface area contributed by atoms with Crippen molar-refractivity contribution in [3.63, 3.8) is 0 Å². The predicted octanol–water partition coefficient (Wildman–Crippen LogP) is -0.0181. The number of H-pyrrole nitrogens is 1. The Morgan fingerprint density at radius 3 is 2.56 bits per heavy atom. The molecule has 0 atom stereocenters. The summed E-state index contributed by atoms with van der Waals surface area (Å²) in [6.45, 7) is -0.356. The quantitative estimate of drug-likeness (QED) is 0.288. The number of amides is 1. The van der Waals surface area contributed by atoms with Crippen molar-refractivity contribution in [2.24, 2.45) is 0 Å². The number of hydrogen-bond acceptors (Lipinski definition) is 10. The molecular weight excluding hydrogens is 470 g/mol. The summed E-state index contributed by atoms with van der Waals surface area (Å²) in [4.78, 5) is 61.4. The van der Waals surface area contributed by atoms with E-state index >= 15 is 0 Å². The van der Waals surface area contributed by atoms with Gasteiger partial charge in [0.2, 0.25) is 5.95 Å². The lowest BCUT2D eigenvalue weighted by molar-refractivity contribution is -0.147. The summed E-state index contributed by atoms with van der Waals surface area (Å²) >= 11 is 0. The summed E-state index contributed by atoms with van der Waals surface area (Å²) in [5.74, 6) is -1.20. The number of aromatic amines is 1. The number of ether oxygens (including phenoxy) is 2. The first kappa shape index (κ1) is 26.1. The molecule has 13 heteroatoms. The van der Waals surface area contributed by atoms with Crippen LogP contribution < -0.4 is 27.2 Å². The Labute approximate surface area is 205 Å². The average Bonchev–Trinajstić information content (AvgIpc) is 2.88. The van der Waals surface area contributed by atoms with Gasteiger partial charge in [0.15, 0.2) is 12.3 Å². The summed E-state index contributed by atoms with van der Waals surface area (Å²) in [5, 5.41) is 2.86. The summed E-state index contributed by atoms with van der Waals surface area (Å²) in [7, 11) is 1.43. The minimum atomic E-state index is -0.843. The van der Waals surface area contributed by atoms with Crippen LogP contribution in [0, 0.1) is 0 Å². The molecule has 2 heterocycles. The molecule has 0 saturated carbocycles. The third-order valence-corrected chi connectivity index (χ3v) is 5.02. The third-order valence-electron chi connectivity index (χ3n) is 5.02. The second-order valence-corrected chi connectivity index (χ2v) is 7.51. The van der Waals surface area contributed by atoms with Gasteiger partial charge in [0, 0.05) is 32.6 Å². The number of nitrogens with one attached hydrogen (secondary N) is 2. The van der Waals surface area contributed by atoms with Crippen LogP contribution in [0.25, 0.3) is 0 Å². The Hall–Kier alpha value is -4.52. The third kappa shape index (κ3) is 6.99. The molecule has 1 amide bonds. The second-order valence-electron chi connectivity index (χ2n) is 7.51. The lowest BCUT2D eigenvalue weighted by Crippen LogP contribution is -2.44. The minimum absolute atomic E-state index is 0.0473. The highest BCUT2D eigenvalue weighted by atomic mass is 16.5. The van der Waals surface area contributed by atoms with Crippen LogP contribution in [-0.4, -0.2) is 64.8 Å². The summed E-state index contributed by atoms with van der Waals surface area (Å²) in [6, 6.07) is 10.7. The van der Waals surface area contributed by atoms with E-state index in [1.807, 2.05) is 6.07 Å². The zero-order valence-electron chi connectivity index (χ0n) is 19.7. The van der Waals surface area contributed by atoms with Crippen molar-refractivity contribution < 1.29 is 19.1 Å². The zero-order chi connectivity index (χ0) is 25.9. The average molecular weight is 498 g/mol. The summed E-state index contributed by atoms with van der Waals surface area (Å²) < 4.78 is 11.3. The molecule has 36 heavy (non-hydrogen) atoms. The second kappa shape index (κ2) is 12.8. The molecule has 0 unspecified atom stereocenters. The first-order valence-corrected chi connectivity index (χ1v) is 11.0. The van der Waals surface area contributed by atoms with E-state index in [2.05, 4.69) is 20.3 Å². The van der Waals surface area contributed by atoms with Gasteiger partial charge < -0.3 is 20.5 Å². The molecule has 4 N–H and O–H groups in total. The van der Waals surface area contributed by atoms with E-state index in [0.717, 1.165) is 15.0 Å². The van der Waals surface area contributed by atoms with Crippen molar-refractivity contribution in [1.29, 1.82) is 0 Å². The van der Waals surface area contributed by atoms with Crippen LogP contribution >= 0.6 is 0 Å². The normalized spacial score (nSPS) is 10.6. The topological polar surface area (TPSA) is 175 Å². The maximum Gasteiger partial charge on any atom is 0.330 e. The van der Waals surface area contributed by atoms with Gasteiger partial charge >= 0.3 is 11.7 Å². The van der Waals surface area contributed by atoms with Gasteiger partial charge in [-0.1, -0.05) is 30.3 Å². The lowest BCUT2D eigenvalue weighted by Gasteiger charge is -2.24. The summed E-state index contributed by atoms with van der Waals surface area (Å²) in [5.41, 5.74) is 5.18.